The molecule has 8 nitrogen and oxygen atoms in total. The summed E-state index contributed by atoms with van der Waals surface area (Å²) in [5.41, 5.74) is -1.86. The summed E-state index contributed by atoms with van der Waals surface area (Å²) in [4.78, 5) is 39.3. The van der Waals surface area contributed by atoms with Gasteiger partial charge in [0, 0.05) is 6.20 Å². The highest BCUT2D eigenvalue weighted by Crippen LogP contribution is 2.06. The summed E-state index contributed by atoms with van der Waals surface area (Å²) in [6.07, 6.45) is 0.283. The fraction of sp³-hybridized carbons (Fsp3) is 0.455. The maximum atomic E-state index is 11.3. The molecule has 0 aliphatic rings. The SMILES string of the molecule is CC(C)(C)OC(=O)NCc1ncc(C(=O)O)c(=O)[nH]1. The molecule has 0 saturated heterocycles. The summed E-state index contributed by atoms with van der Waals surface area (Å²) in [6.45, 7) is 5.08. The van der Waals surface area contributed by atoms with Gasteiger partial charge < -0.3 is 20.1 Å². The van der Waals surface area contributed by atoms with E-state index in [4.69, 9.17) is 9.84 Å². The Morgan fingerprint density at radius 2 is 2.11 bits per heavy atom. The average molecular weight is 269 g/mol. The summed E-state index contributed by atoms with van der Waals surface area (Å²) in [7, 11) is 0. The van der Waals surface area contributed by atoms with Gasteiger partial charge in [-0.3, -0.25) is 4.79 Å². The number of hydrogen-bond acceptors (Lipinski definition) is 5. The van der Waals surface area contributed by atoms with Gasteiger partial charge in [-0.2, -0.15) is 0 Å². The van der Waals surface area contributed by atoms with Crippen molar-refractivity contribution in [2.45, 2.75) is 32.9 Å². The number of hydrogen-bond donors (Lipinski definition) is 3. The summed E-state index contributed by atoms with van der Waals surface area (Å²) < 4.78 is 4.99. The van der Waals surface area contributed by atoms with Gasteiger partial charge in [0.15, 0.2) is 0 Å². The van der Waals surface area contributed by atoms with Crippen LogP contribution in [0.25, 0.3) is 0 Å². The first-order valence-corrected chi connectivity index (χ1v) is 5.47. The second-order valence-corrected chi connectivity index (χ2v) is 4.73. The molecule has 0 aliphatic carbocycles. The molecule has 0 aromatic carbocycles. The predicted molar refractivity (Wildman–Crippen MR) is 64.9 cm³/mol. The molecule has 1 rings (SSSR count). The first-order chi connectivity index (χ1) is 8.69. The number of ether oxygens (including phenoxy) is 1. The van der Waals surface area contributed by atoms with Crippen LogP contribution in [-0.2, 0) is 11.3 Å². The molecule has 1 aromatic heterocycles. The fourth-order valence-corrected chi connectivity index (χ4v) is 1.14. The van der Waals surface area contributed by atoms with Gasteiger partial charge in [0.2, 0.25) is 0 Å². The van der Waals surface area contributed by atoms with Gasteiger partial charge in [-0.1, -0.05) is 0 Å². The fourth-order valence-electron chi connectivity index (χ4n) is 1.14. The van der Waals surface area contributed by atoms with E-state index >= 15 is 0 Å². The predicted octanol–water partition coefficient (Wildman–Crippen LogP) is 0.493. The van der Waals surface area contributed by atoms with E-state index in [1.165, 1.54) is 0 Å². The summed E-state index contributed by atoms with van der Waals surface area (Å²) in [5, 5.41) is 11.0. The van der Waals surface area contributed by atoms with E-state index in [1.54, 1.807) is 20.8 Å². The van der Waals surface area contributed by atoms with E-state index in [9.17, 15) is 14.4 Å². The van der Waals surface area contributed by atoms with Gasteiger partial charge >= 0.3 is 12.1 Å². The van der Waals surface area contributed by atoms with Crippen LogP contribution in [-0.4, -0.2) is 32.7 Å². The Hall–Kier alpha value is -2.38. The number of H-pyrrole nitrogens is 1. The van der Waals surface area contributed by atoms with Crippen molar-refractivity contribution < 1.29 is 19.4 Å². The molecule has 0 radical (unpaired) electrons. The van der Waals surface area contributed by atoms with E-state index in [2.05, 4.69) is 15.3 Å². The van der Waals surface area contributed by atoms with E-state index in [0.717, 1.165) is 6.20 Å². The smallest absolute Gasteiger partial charge is 0.408 e. The minimum atomic E-state index is -1.36. The number of aromatic nitrogens is 2. The van der Waals surface area contributed by atoms with Crippen LogP contribution < -0.4 is 10.9 Å². The van der Waals surface area contributed by atoms with Gasteiger partial charge in [0.25, 0.3) is 5.56 Å². The Morgan fingerprint density at radius 3 is 2.58 bits per heavy atom. The Morgan fingerprint density at radius 1 is 1.47 bits per heavy atom. The van der Waals surface area contributed by atoms with E-state index in [1.807, 2.05) is 0 Å². The highest BCUT2D eigenvalue weighted by atomic mass is 16.6. The minimum Gasteiger partial charge on any atom is -0.477 e. The summed E-state index contributed by atoms with van der Waals surface area (Å²) in [5.74, 6) is -1.22. The molecule has 104 valence electrons. The van der Waals surface area contributed by atoms with Gasteiger partial charge in [-0.25, -0.2) is 14.6 Å². The number of alkyl carbamates (subject to hydrolysis) is 1. The molecule has 3 N–H and O–H groups in total. The second-order valence-electron chi connectivity index (χ2n) is 4.73. The lowest BCUT2D eigenvalue weighted by molar-refractivity contribution is 0.0521. The molecular formula is C11H15N3O5. The molecular weight excluding hydrogens is 254 g/mol. The number of aromatic amines is 1. The number of nitrogens with one attached hydrogen (secondary N) is 2. The first-order valence-electron chi connectivity index (χ1n) is 5.47. The van der Waals surface area contributed by atoms with Gasteiger partial charge in [0.1, 0.15) is 17.0 Å². The van der Waals surface area contributed by atoms with Crippen molar-refractivity contribution in [1.82, 2.24) is 15.3 Å². The molecule has 0 unspecified atom stereocenters. The average Bonchev–Trinajstić information content (AvgIpc) is 2.23. The maximum absolute atomic E-state index is 11.3. The van der Waals surface area contributed by atoms with E-state index in [0.29, 0.717) is 0 Å². The van der Waals surface area contributed by atoms with Crippen molar-refractivity contribution in [1.29, 1.82) is 0 Å². The third-order valence-corrected chi connectivity index (χ3v) is 1.88. The number of carbonyl (C=O) groups is 2. The zero-order valence-corrected chi connectivity index (χ0v) is 10.8. The van der Waals surface area contributed by atoms with Crippen LogP contribution in [0.15, 0.2) is 11.0 Å². The van der Waals surface area contributed by atoms with Crippen LogP contribution in [0.2, 0.25) is 0 Å². The van der Waals surface area contributed by atoms with Crippen LogP contribution >= 0.6 is 0 Å². The van der Waals surface area contributed by atoms with Crippen LogP contribution in [0.3, 0.4) is 0 Å². The number of amides is 1. The number of carbonyl (C=O) groups excluding carboxylic acids is 1. The van der Waals surface area contributed by atoms with Crippen molar-refractivity contribution >= 4 is 12.1 Å². The zero-order valence-electron chi connectivity index (χ0n) is 10.8. The minimum absolute atomic E-state index is 0.0654. The number of aromatic carboxylic acids is 1. The van der Waals surface area contributed by atoms with Crippen molar-refractivity contribution in [3.05, 3.63) is 27.9 Å². The zero-order chi connectivity index (χ0) is 14.6. The Balaban J connectivity index is 2.65. The number of carboxylic acid groups (broad SMARTS) is 1. The maximum Gasteiger partial charge on any atom is 0.408 e. The third kappa shape index (κ3) is 4.78. The Bertz CT molecular complexity index is 544. The van der Waals surface area contributed by atoms with Gasteiger partial charge in [-0.05, 0) is 20.8 Å². The largest absolute Gasteiger partial charge is 0.477 e. The molecule has 0 spiro atoms. The lowest BCUT2D eigenvalue weighted by atomic mass is 10.2. The molecule has 8 heteroatoms. The number of rotatable bonds is 3. The van der Waals surface area contributed by atoms with Crippen molar-refractivity contribution in [3.63, 3.8) is 0 Å². The van der Waals surface area contributed by atoms with E-state index < -0.39 is 28.8 Å². The topological polar surface area (TPSA) is 121 Å². The highest BCUT2D eigenvalue weighted by Gasteiger charge is 2.16. The molecule has 0 aliphatic heterocycles. The highest BCUT2D eigenvalue weighted by molar-refractivity contribution is 5.86. The van der Waals surface area contributed by atoms with Crippen molar-refractivity contribution in [3.8, 4) is 0 Å². The van der Waals surface area contributed by atoms with Crippen LogP contribution in [0.1, 0.15) is 37.0 Å². The standard InChI is InChI=1S/C11H15N3O5/c1-11(2,3)19-10(18)13-5-7-12-4-6(9(16)17)8(15)14-7/h4H,5H2,1-3H3,(H,13,18)(H,16,17)(H,12,14,15). The molecule has 0 fully saturated rings. The van der Waals surface area contributed by atoms with Gasteiger partial charge in [0.05, 0.1) is 6.54 Å². The Labute approximate surface area is 108 Å². The Kier molecular flexibility index (Phi) is 4.26. The summed E-state index contributed by atoms with van der Waals surface area (Å²) >= 11 is 0. The van der Waals surface area contributed by atoms with Crippen molar-refractivity contribution in [2.24, 2.45) is 0 Å². The molecule has 19 heavy (non-hydrogen) atoms. The molecule has 0 saturated carbocycles. The molecule has 1 amide bonds. The lowest BCUT2D eigenvalue weighted by Gasteiger charge is -2.19. The molecule has 0 bridgehead atoms. The quantitative estimate of drug-likeness (QED) is 0.734. The number of nitrogens with zero attached hydrogens (tertiary/aromatic N) is 1. The molecule has 0 atom stereocenters. The van der Waals surface area contributed by atoms with Crippen LogP contribution in [0, 0.1) is 0 Å². The number of carboxylic acids is 1. The molecule has 1 aromatic rings. The lowest BCUT2D eigenvalue weighted by Crippen LogP contribution is -2.33. The first kappa shape index (κ1) is 14.7. The van der Waals surface area contributed by atoms with Crippen LogP contribution in [0.4, 0.5) is 4.79 Å². The second kappa shape index (κ2) is 5.51. The monoisotopic (exact) mass is 269 g/mol. The van der Waals surface area contributed by atoms with Crippen molar-refractivity contribution in [2.75, 3.05) is 0 Å². The normalized spacial score (nSPS) is 10.9. The van der Waals surface area contributed by atoms with E-state index in [-0.39, 0.29) is 12.4 Å². The summed E-state index contributed by atoms with van der Waals surface area (Å²) in [6, 6.07) is 0. The molecule has 1 heterocycles. The van der Waals surface area contributed by atoms with Gasteiger partial charge in [-0.15, -0.1) is 0 Å². The third-order valence-electron chi connectivity index (χ3n) is 1.88. The van der Waals surface area contributed by atoms with Crippen LogP contribution in [0.5, 0.6) is 0 Å².